The third-order valence-electron chi connectivity index (χ3n) is 12.4. The van der Waals surface area contributed by atoms with Gasteiger partial charge in [0.2, 0.25) is 0 Å². The van der Waals surface area contributed by atoms with Crippen LogP contribution in [0.1, 0.15) is 0 Å². The average molecular weight is 775 g/mol. The van der Waals surface area contributed by atoms with Crippen molar-refractivity contribution in [2.75, 3.05) is 0 Å². The molecule has 0 unspecified atom stereocenters. The largest absolute Gasteiger partial charge is 0.231 e. The molecule has 61 heavy (non-hydrogen) atoms. The van der Waals surface area contributed by atoms with Gasteiger partial charge in [-0.05, 0) is 101 Å². The van der Waals surface area contributed by atoms with Gasteiger partial charge in [-0.1, -0.05) is 206 Å². The van der Waals surface area contributed by atoms with Crippen LogP contribution in [0.3, 0.4) is 0 Å². The van der Waals surface area contributed by atoms with Crippen LogP contribution >= 0.6 is 0 Å². The molecule has 12 aromatic rings. The molecule has 0 N–H and O–H groups in total. The maximum absolute atomic E-state index is 5.77. The molecule has 0 atom stereocenters. The van der Waals surface area contributed by atoms with Crippen molar-refractivity contribution in [2.24, 2.45) is 0 Å². The van der Waals surface area contributed by atoms with Crippen LogP contribution in [0.25, 0.3) is 116 Å². The van der Waals surface area contributed by atoms with Gasteiger partial charge in [0.25, 0.3) is 0 Å². The van der Waals surface area contributed by atoms with Crippen LogP contribution in [0.4, 0.5) is 0 Å². The van der Waals surface area contributed by atoms with E-state index >= 15 is 0 Å². The molecule has 0 fully saturated rings. The minimum absolute atomic E-state index is 0.953. The molecule has 2 heteroatoms. The Kier molecular flexibility index (Phi) is 8.21. The lowest BCUT2D eigenvalue weighted by molar-refractivity contribution is 0.980. The Balaban J connectivity index is 1.23. The van der Waals surface area contributed by atoms with Crippen LogP contribution in [-0.2, 0) is 0 Å². The molecular weight excluding hydrogens is 737 g/mol. The third-order valence-corrected chi connectivity index (χ3v) is 12.4. The highest BCUT2D eigenvalue weighted by Crippen LogP contribution is 2.47. The van der Waals surface area contributed by atoms with Gasteiger partial charge >= 0.3 is 0 Å². The number of nitrogens with zero attached hydrogens (tertiary/aromatic N) is 2. The summed E-state index contributed by atoms with van der Waals surface area (Å²) in [5.74, 6) is 0. The molecule has 284 valence electrons. The molecule has 2 aromatic heterocycles. The number of pyridine rings is 1. The summed E-state index contributed by atoms with van der Waals surface area (Å²) in [6, 6.07) is 83.7. The van der Waals surface area contributed by atoms with Gasteiger partial charge in [0, 0.05) is 22.1 Å². The van der Waals surface area contributed by atoms with E-state index in [4.69, 9.17) is 5.10 Å². The third kappa shape index (κ3) is 5.84. The van der Waals surface area contributed by atoms with Gasteiger partial charge in [-0.2, -0.15) is 5.10 Å². The molecule has 0 bridgehead atoms. The number of fused-ring (bicyclic) bond motifs is 6. The van der Waals surface area contributed by atoms with Crippen molar-refractivity contribution < 1.29 is 0 Å². The Labute approximate surface area is 354 Å². The number of hydrogen-bond donors (Lipinski definition) is 0. The van der Waals surface area contributed by atoms with Crippen LogP contribution in [0.15, 0.2) is 231 Å². The highest BCUT2D eigenvalue weighted by molar-refractivity contribution is 6.15. The minimum Gasteiger partial charge on any atom is -0.231 e. The average Bonchev–Trinajstić information content (AvgIpc) is 3.74. The van der Waals surface area contributed by atoms with E-state index in [0.29, 0.717) is 0 Å². The summed E-state index contributed by atoms with van der Waals surface area (Å²) in [4.78, 5) is 0. The van der Waals surface area contributed by atoms with E-state index in [2.05, 4.69) is 235 Å². The van der Waals surface area contributed by atoms with Crippen LogP contribution in [0.5, 0.6) is 0 Å². The van der Waals surface area contributed by atoms with Crippen LogP contribution in [-0.4, -0.2) is 9.61 Å². The highest BCUT2D eigenvalue weighted by Gasteiger charge is 2.25. The standard InChI is InChI=1S/C59H38N2/c1-4-18-41(19-5-1)53-36-46-37-56(43-23-8-3-9-24-43)61-59(55(46)38-54(53)42-20-6-2-7-21-42)57(45-32-31-39-17-10-11-25-44(39)35-45)58(60-61)52-34-33-51(49-28-14-15-29-50(49)52)48-30-16-26-40-22-12-13-27-47(40)48/h1-38H. The molecule has 0 saturated heterocycles. The Morgan fingerprint density at radius 3 is 1.54 bits per heavy atom. The first-order valence-corrected chi connectivity index (χ1v) is 21.0. The van der Waals surface area contributed by atoms with Gasteiger partial charge in [0.15, 0.2) is 0 Å². The summed E-state index contributed by atoms with van der Waals surface area (Å²) in [5.41, 5.74) is 14.7. The van der Waals surface area contributed by atoms with Crippen molar-refractivity contribution in [3.8, 4) is 67.0 Å². The Bertz CT molecular complexity index is 3620. The second-order valence-corrected chi connectivity index (χ2v) is 15.9. The second-order valence-electron chi connectivity index (χ2n) is 15.9. The fraction of sp³-hybridized carbons (Fsp3) is 0. The minimum atomic E-state index is 0.953. The lowest BCUT2D eigenvalue weighted by Gasteiger charge is -2.16. The molecule has 2 heterocycles. The molecule has 2 nitrogen and oxygen atoms in total. The predicted molar refractivity (Wildman–Crippen MR) is 258 cm³/mol. The van der Waals surface area contributed by atoms with Crippen molar-refractivity contribution in [3.63, 3.8) is 0 Å². The maximum atomic E-state index is 5.77. The normalized spacial score (nSPS) is 11.6. The van der Waals surface area contributed by atoms with Crippen LogP contribution in [0, 0.1) is 0 Å². The second kappa shape index (κ2) is 14.3. The summed E-state index contributed by atoms with van der Waals surface area (Å²) in [6.07, 6.45) is 0. The Morgan fingerprint density at radius 1 is 0.279 bits per heavy atom. The Hall–Kier alpha value is -8.07. The lowest BCUT2D eigenvalue weighted by atomic mass is 9.88. The molecule has 12 rings (SSSR count). The molecular formula is C59H38N2. The van der Waals surface area contributed by atoms with E-state index in [1.807, 2.05) is 0 Å². The molecule has 0 saturated carbocycles. The fourth-order valence-electron chi connectivity index (χ4n) is 9.53. The Morgan fingerprint density at radius 2 is 0.820 bits per heavy atom. The first kappa shape index (κ1) is 34.9. The number of rotatable bonds is 6. The van der Waals surface area contributed by atoms with Crippen molar-refractivity contribution in [3.05, 3.63) is 231 Å². The van der Waals surface area contributed by atoms with E-state index in [1.165, 1.54) is 65.7 Å². The van der Waals surface area contributed by atoms with Gasteiger partial charge in [0.05, 0.1) is 11.2 Å². The van der Waals surface area contributed by atoms with Crippen molar-refractivity contribution in [2.45, 2.75) is 0 Å². The van der Waals surface area contributed by atoms with Gasteiger partial charge in [-0.25, -0.2) is 4.52 Å². The molecule has 0 aliphatic carbocycles. The predicted octanol–water partition coefficient (Wildman–Crippen LogP) is 15.9. The smallest absolute Gasteiger partial charge is 0.102 e. The van der Waals surface area contributed by atoms with Gasteiger partial charge in [0.1, 0.15) is 5.69 Å². The zero-order valence-corrected chi connectivity index (χ0v) is 33.3. The molecule has 0 aliphatic heterocycles. The van der Waals surface area contributed by atoms with E-state index in [-0.39, 0.29) is 0 Å². The lowest BCUT2D eigenvalue weighted by Crippen LogP contribution is -1.97. The highest BCUT2D eigenvalue weighted by atomic mass is 15.2. The molecule has 0 aliphatic rings. The molecule has 10 aromatic carbocycles. The van der Waals surface area contributed by atoms with E-state index in [0.717, 1.165) is 49.9 Å². The number of benzene rings is 10. The monoisotopic (exact) mass is 774 g/mol. The zero-order valence-electron chi connectivity index (χ0n) is 33.3. The fourth-order valence-corrected chi connectivity index (χ4v) is 9.53. The summed E-state index contributed by atoms with van der Waals surface area (Å²) >= 11 is 0. The molecule has 0 amide bonds. The van der Waals surface area contributed by atoms with E-state index in [1.54, 1.807) is 0 Å². The maximum Gasteiger partial charge on any atom is 0.102 e. The number of hydrogen-bond acceptors (Lipinski definition) is 1. The summed E-state index contributed by atoms with van der Waals surface area (Å²) in [7, 11) is 0. The summed E-state index contributed by atoms with van der Waals surface area (Å²) in [6.45, 7) is 0. The molecule has 0 spiro atoms. The quantitative estimate of drug-likeness (QED) is 0.164. The SMILES string of the molecule is c1ccc(-c2cc3cc(-c4ccccc4)n4nc(-c5ccc(-c6cccc7ccccc67)c6ccccc56)c(-c5ccc6ccccc6c5)c4c3cc2-c2ccccc2)cc1. The van der Waals surface area contributed by atoms with Crippen LogP contribution in [0.2, 0.25) is 0 Å². The van der Waals surface area contributed by atoms with Crippen molar-refractivity contribution in [1.82, 2.24) is 9.61 Å². The van der Waals surface area contributed by atoms with Gasteiger partial charge in [-0.3, -0.25) is 0 Å². The first-order valence-electron chi connectivity index (χ1n) is 21.0. The van der Waals surface area contributed by atoms with Crippen LogP contribution < -0.4 is 0 Å². The zero-order chi connectivity index (χ0) is 40.3. The molecule has 0 radical (unpaired) electrons. The van der Waals surface area contributed by atoms with E-state index in [9.17, 15) is 0 Å². The van der Waals surface area contributed by atoms with E-state index < -0.39 is 0 Å². The summed E-state index contributed by atoms with van der Waals surface area (Å²) < 4.78 is 2.22. The van der Waals surface area contributed by atoms with Gasteiger partial charge in [-0.15, -0.1) is 0 Å². The van der Waals surface area contributed by atoms with Gasteiger partial charge < -0.3 is 0 Å². The number of aromatic nitrogens is 2. The topological polar surface area (TPSA) is 17.3 Å². The van der Waals surface area contributed by atoms with Crippen molar-refractivity contribution >= 4 is 48.6 Å². The van der Waals surface area contributed by atoms with Crippen molar-refractivity contribution in [1.29, 1.82) is 0 Å². The summed E-state index contributed by atoms with van der Waals surface area (Å²) in [5, 5.41) is 15.3. The first-order chi connectivity index (χ1) is 30.3.